The van der Waals surface area contributed by atoms with Gasteiger partial charge in [-0.3, -0.25) is 0 Å². The standard InChI is InChI=1S/C17H24N4/c1-4-17(5-2,6-3)21-15-12-14(18)19-16(20-15)13-10-8-7-9-11-13/h7-12H,4-6H2,1-3H3,(H3,18,19,20,21). The van der Waals surface area contributed by atoms with Crippen molar-refractivity contribution in [3.05, 3.63) is 36.4 Å². The van der Waals surface area contributed by atoms with Crippen LogP contribution in [0.3, 0.4) is 0 Å². The molecule has 4 heteroatoms. The van der Waals surface area contributed by atoms with Gasteiger partial charge in [0.15, 0.2) is 5.82 Å². The first-order valence-electron chi connectivity index (χ1n) is 7.60. The van der Waals surface area contributed by atoms with Crippen LogP contribution in [0.25, 0.3) is 11.4 Å². The molecule has 0 fully saturated rings. The SMILES string of the molecule is CCC(CC)(CC)Nc1cc(N)nc(-c2ccccc2)n1. The van der Waals surface area contributed by atoms with Gasteiger partial charge in [0.1, 0.15) is 11.6 Å². The lowest BCUT2D eigenvalue weighted by atomic mass is 9.90. The van der Waals surface area contributed by atoms with Gasteiger partial charge in [0.05, 0.1) is 0 Å². The van der Waals surface area contributed by atoms with Gasteiger partial charge >= 0.3 is 0 Å². The molecule has 112 valence electrons. The van der Waals surface area contributed by atoms with E-state index < -0.39 is 0 Å². The fourth-order valence-electron chi connectivity index (χ4n) is 2.53. The molecule has 21 heavy (non-hydrogen) atoms. The number of benzene rings is 1. The molecule has 1 aromatic carbocycles. The zero-order chi connectivity index (χ0) is 15.3. The Labute approximate surface area is 126 Å². The molecule has 0 amide bonds. The van der Waals surface area contributed by atoms with E-state index in [1.165, 1.54) is 0 Å². The van der Waals surface area contributed by atoms with Gasteiger partial charge in [-0.25, -0.2) is 9.97 Å². The first kappa shape index (κ1) is 15.3. The summed E-state index contributed by atoms with van der Waals surface area (Å²) < 4.78 is 0. The van der Waals surface area contributed by atoms with Crippen molar-refractivity contribution in [2.24, 2.45) is 0 Å². The maximum absolute atomic E-state index is 5.95. The molecule has 0 saturated carbocycles. The summed E-state index contributed by atoms with van der Waals surface area (Å²) >= 11 is 0. The minimum atomic E-state index is 0.0642. The number of anilines is 2. The molecule has 1 heterocycles. The zero-order valence-electron chi connectivity index (χ0n) is 13.1. The van der Waals surface area contributed by atoms with Gasteiger partial charge in [-0.1, -0.05) is 51.1 Å². The summed E-state index contributed by atoms with van der Waals surface area (Å²) in [5, 5.41) is 3.56. The first-order valence-corrected chi connectivity index (χ1v) is 7.60. The maximum atomic E-state index is 5.95. The number of aromatic nitrogens is 2. The van der Waals surface area contributed by atoms with E-state index in [1.807, 2.05) is 36.4 Å². The number of nitrogens with two attached hydrogens (primary N) is 1. The fourth-order valence-corrected chi connectivity index (χ4v) is 2.53. The monoisotopic (exact) mass is 284 g/mol. The highest BCUT2D eigenvalue weighted by Gasteiger charge is 2.24. The van der Waals surface area contributed by atoms with Crippen LogP contribution in [-0.2, 0) is 0 Å². The van der Waals surface area contributed by atoms with E-state index in [9.17, 15) is 0 Å². The molecule has 0 unspecified atom stereocenters. The first-order chi connectivity index (χ1) is 10.1. The predicted molar refractivity (Wildman–Crippen MR) is 89.1 cm³/mol. The van der Waals surface area contributed by atoms with Crippen molar-refractivity contribution in [1.82, 2.24) is 9.97 Å². The molecule has 0 spiro atoms. The van der Waals surface area contributed by atoms with Crippen LogP contribution in [-0.4, -0.2) is 15.5 Å². The van der Waals surface area contributed by atoms with Crippen LogP contribution in [0, 0.1) is 0 Å². The third-order valence-electron chi connectivity index (χ3n) is 4.20. The second-order valence-corrected chi connectivity index (χ2v) is 5.33. The highest BCUT2D eigenvalue weighted by Crippen LogP contribution is 2.26. The van der Waals surface area contributed by atoms with E-state index in [1.54, 1.807) is 0 Å². The minimum Gasteiger partial charge on any atom is -0.384 e. The van der Waals surface area contributed by atoms with Crippen molar-refractivity contribution in [3.63, 3.8) is 0 Å². The molecule has 3 N–H and O–H groups in total. The summed E-state index contributed by atoms with van der Waals surface area (Å²) in [5.41, 5.74) is 6.99. The number of nitrogens with one attached hydrogen (secondary N) is 1. The molecule has 0 radical (unpaired) electrons. The lowest BCUT2D eigenvalue weighted by Gasteiger charge is -2.32. The Kier molecular flexibility index (Phi) is 4.78. The molecule has 0 bridgehead atoms. The van der Waals surface area contributed by atoms with Crippen LogP contribution < -0.4 is 11.1 Å². The van der Waals surface area contributed by atoms with E-state index in [0.717, 1.165) is 30.6 Å². The van der Waals surface area contributed by atoms with E-state index >= 15 is 0 Å². The van der Waals surface area contributed by atoms with Crippen LogP contribution in [0.2, 0.25) is 0 Å². The normalized spacial score (nSPS) is 11.4. The Morgan fingerprint density at radius 1 is 1.00 bits per heavy atom. The Hall–Kier alpha value is -2.10. The number of nitrogens with zero attached hydrogens (tertiary/aromatic N) is 2. The molecule has 2 aromatic rings. The average Bonchev–Trinajstić information content (AvgIpc) is 2.53. The maximum Gasteiger partial charge on any atom is 0.163 e. The third kappa shape index (κ3) is 3.51. The van der Waals surface area contributed by atoms with Gasteiger partial charge < -0.3 is 11.1 Å². The number of rotatable bonds is 6. The second-order valence-electron chi connectivity index (χ2n) is 5.33. The van der Waals surface area contributed by atoms with Gasteiger partial charge in [0.25, 0.3) is 0 Å². The fraction of sp³-hybridized carbons (Fsp3) is 0.412. The van der Waals surface area contributed by atoms with Crippen LogP contribution in [0.4, 0.5) is 11.6 Å². The van der Waals surface area contributed by atoms with Crippen LogP contribution >= 0.6 is 0 Å². The molecule has 0 saturated heterocycles. The summed E-state index contributed by atoms with van der Waals surface area (Å²) in [5.74, 6) is 1.95. The average molecular weight is 284 g/mol. The molecule has 2 rings (SSSR count). The summed E-state index contributed by atoms with van der Waals surface area (Å²) in [6, 6.07) is 11.7. The van der Waals surface area contributed by atoms with Crippen LogP contribution in [0.1, 0.15) is 40.0 Å². The van der Waals surface area contributed by atoms with E-state index in [-0.39, 0.29) is 5.54 Å². The summed E-state index contributed by atoms with van der Waals surface area (Å²) in [4.78, 5) is 8.97. The third-order valence-corrected chi connectivity index (χ3v) is 4.20. The van der Waals surface area contributed by atoms with Gasteiger partial charge in [-0.2, -0.15) is 0 Å². The van der Waals surface area contributed by atoms with Crippen molar-refractivity contribution in [2.45, 2.75) is 45.6 Å². The van der Waals surface area contributed by atoms with Crippen LogP contribution in [0.5, 0.6) is 0 Å². The summed E-state index contributed by atoms with van der Waals surface area (Å²) in [6.07, 6.45) is 3.14. The topological polar surface area (TPSA) is 63.8 Å². The van der Waals surface area contributed by atoms with E-state index in [0.29, 0.717) is 11.6 Å². The zero-order valence-corrected chi connectivity index (χ0v) is 13.1. The van der Waals surface area contributed by atoms with Gasteiger partial charge in [-0.05, 0) is 19.3 Å². The number of hydrogen-bond donors (Lipinski definition) is 2. The predicted octanol–water partition coefficient (Wildman–Crippen LogP) is 4.11. The van der Waals surface area contributed by atoms with Gasteiger partial charge in [0.2, 0.25) is 0 Å². The quantitative estimate of drug-likeness (QED) is 0.838. The van der Waals surface area contributed by atoms with E-state index in [4.69, 9.17) is 5.73 Å². The molecule has 4 nitrogen and oxygen atoms in total. The molecular weight excluding hydrogens is 260 g/mol. The Morgan fingerprint density at radius 3 is 2.19 bits per heavy atom. The Morgan fingerprint density at radius 2 is 1.62 bits per heavy atom. The summed E-state index contributed by atoms with van der Waals surface area (Å²) in [6.45, 7) is 6.59. The number of nitrogen functional groups attached to an aromatic ring is 1. The highest BCUT2D eigenvalue weighted by atomic mass is 15.1. The second kappa shape index (κ2) is 6.57. The molecular formula is C17H24N4. The summed E-state index contributed by atoms with van der Waals surface area (Å²) in [7, 11) is 0. The molecule has 0 aliphatic carbocycles. The van der Waals surface area contributed by atoms with Gasteiger partial charge in [0, 0.05) is 17.2 Å². The van der Waals surface area contributed by atoms with Crippen molar-refractivity contribution < 1.29 is 0 Å². The molecule has 0 atom stereocenters. The molecule has 1 aromatic heterocycles. The minimum absolute atomic E-state index is 0.0642. The van der Waals surface area contributed by atoms with Gasteiger partial charge in [-0.15, -0.1) is 0 Å². The molecule has 0 aliphatic heterocycles. The smallest absolute Gasteiger partial charge is 0.163 e. The highest BCUT2D eigenvalue weighted by molar-refractivity contribution is 5.60. The van der Waals surface area contributed by atoms with Crippen molar-refractivity contribution in [2.75, 3.05) is 11.1 Å². The van der Waals surface area contributed by atoms with E-state index in [2.05, 4.69) is 36.1 Å². The van der Waals surface area contributed by atoms with Crippen molar-refractivity contribution in [3.8, 4) is 11.4 Å². The number of hydrogen-bond acceptors (Lipinski definition) is 4. The van der Waals surface area contributed by atoms with Crippen molar-refractivity contribution in [1.29, 1.82) is 0 Å². The largest absolute Gasteiger partial charge is 0.384 e. The lowest BCUT2D eigenvalue weighted by molar-refractivity contribution is 0.419. The van der Waals surface area contributed by atoms with Crippen molar-refractivity contribution >= 4 is 11.6 Å². The molecule has 0 aliphatic rings. The van der Waals surface area contributed by atoms with Crippen LogP contribution in [0.15, 0.2) is 36.4 Å². The Balaban J connectivity index is 2.36. The lowest BCUT2D eigenvalue weighted by Crippen LogP contribution is -2.36. The Bertz CT molecular complexity index is 568.